The number of carboxylic acids is 1. The number of nitrogens with one attached hydrogen (secondary N) is 1. The molecule has 1 atom stereocenters. The second kappa shape index (κ2) is 6.10. The summed E-state index contributed by atoms with van der Waals surface area (Å²) >= 11 is 6.00. The number of halogens is 2. The van der Waals surface area contributed by atoms with E-state index < -0.39 is 5.97 Å². The van der Waals surface area contributed by atoms with Gasteiger partial charge in [-0.05, 0) is 37.1 Å². The van der Waals surface area contributed by atoms with Gasteiger partial charge in [-0.25, -0.2) is 14.2 Å². The van der Waals surface area contributed by atoms with Gasteiger partial charge in [0.25, 0.3) is 0 Å². The fraction of sp³-hybridized carbons (Fsp3) is 0.200. The van der Waals surface area contributed by atoms with Crippen molar-refractivity contribution in [1.29, 1.82) is 0 Å². The fourth-order valence-electron chi connectivity index (χ4n) is 1.83. The number of nitrogens with zero attached hydrogens (tertiary/aromatic N) is 1. The van der Waals surface area contributed by atoms with Gasteiger partial charge >= 0.3 is 5.97 Å². The van der Waals surface area contributed by atoms with E-state index in [9.17, 15) is 9.18 Å². The largest absolute Gasteiger partial charge is 0.478 e. The number of hydrogen-bond acceptors (Lipinski definition) is 3. The molecule has 2 N–H and O–H groups in total. The van der Waals surface area contributed by atoms with E-state index in [1.165, 1.54) is 18.3 Å². The molecule has 2 rings (SSSR count). The first-order valence-electron chi connectivity index (χ1n) is 6.30. The van der Waals surface area contributed by atoms with Crippen LogP contribution in [-0.2, 0) is 0 Å². The van der Waals surface area contributed by atoms with E-state index in [4.69, 9.17) is 16.7 Å². The molecule has 1 aromatic heterocycles. The molecule has 0 aliphatic carbocycles. The van der Waals surface area contributed by atoms with E-state index in [0.717, 1.165) is 5.56 Å². The van der Waals surface area contributed by atoms with Crippen LogP contribution in [-0.4, -0.2) is 16.1 Å². The number of anilines is 1. The zero-order valence-electron chi connectivity index (χ0n) is 11.5. The molecule has 0 spiro atoms. The Morgan fingerprint density at radius 2 is 2.14 bits per heavy atom. The van der Waals surface area contributed by atoms with Crippen LogP contribution in [0.5, 0.6) is 0 Å². The SMILES string of the molecule is Cc1ccc(C(C)Nc2ncc(C(=O)O)cc2Cl)cc1F. The Hall–Kier alpha value is -2.14. The molecule has 1 aromatic carbocycles. The summed E-state index contributed by atoms with van der Waals surface area (Å²) in [5.41, 5.74) is 1.34. The number of carboxylic acid groups (broad SMARTS) is 1. The minimum atomic E-state index is -1.09. The lowest BCUT2D eigenvalue weighted by molar-refractivity contribution is 0.0696. The van der Waals surface area contributed by atoms with Crippen LogP contribution in [0.4, 0.5) is 10.2 Å². The molecular formula is C15H14ClFN2O2. The van der Waals surface area contributed by atoms with Gasteiger partial charge in [-0.3, -0.25) is 0 Å². The molecule has 0 aliphatic heterocycles. The monoisotopic (exact) mass is 308 g/mol. The van der Waals surface area contributed by atoms with Gasteiger partial charge in [0.1, 0.15) is 11.6 Å². The minimum Gasteiger partial charge on any atom is -0.478 e. The average molecular weight is 309 g/mol. The molecule has 0 fully saturated rings. The van der Waals surface area contributed by atoms with Crippen LogP contribution in [0.2, 0.25) is 5.02 Å². The topological polar surface area (TPSA) is 62.2 Å². The van der Waals surface area contributed by atoms with Gasteiger partial charge in [0.2, 0.25) is 0 Å². The van der Waals surface area contributed by atoms with Gasteiger partial charge in [-0.2, -0.15) is 0 Å². The molecule has 0 saturated carbocycles. The highest BCUT2D eigenvalue weighted by molar-refractivity contribution is 6.33. The summed E-state index contributed by atoms with van der Waals surface area (Å²) in [7, 11) is 0. The van der Waals surface area contributed by atoms with Crippen LogP contribution in [0.3, 0.4) is 0 Å². The molecule has 1 heterocycles. The highest BCUT2D eigenvalue weighted by atomic mass is 35.5. The molecule has 0 saturated heterocycles. The fourth-order valence-corrected chi connectivity index (χ4v) is 2.05. The van der Waals surface area contributed by atoms with Crippen molar-refractivity contribution in [3.8, 4) is 0 Å². The third-order valence-electron chi connectivity index (χ3n) is 3.14. The second-order valence-electron chi connectivity index (χ2n) is 4.73. The summed E-state index contributed by atoms with van der Waals surface area (Å²) in [5.74, 6) is -1.01. The van der Waals surface area contributed by atoms with Crippen LogP contribution in [0.15, 0.2) is 30.5 Å². The zero-order chi connectivity index (χ0) is 15.6. The Bertz CT molecular complexity index is 691. The molecule has 0 radical (unpaired) electrons. The third-order valence-corrected chi connectivity index (χ3v) is 3.43. The summed E-state index contributed by atoms with van der Waals surface area (Å²) in [6.45, 7) is 3.54. The van der Waals surface area contributed by atoms with Crippen molar-refractivity contribution in [3.63, 3.8) is 0 Å². The molecule has 0 amide bonds. The summed E-state index contributed by atoms with van der Waals surface area (Å²) in [4.78, 5) is 14.8. The number of aryl methyl sites for hydroxylation is 1. The molecule has 4 nitrogen and oxygen atoms in total. The molecule has 110 valence electrons. The Morgan fingerprint density at radius 1 is 1.43 bits per heavy atom. The Kier molecular flexibility index (Phi) is 4.43. The first kappa shape index (κ1) is 15.3. The predicted octanol–water partition coefficient (Wildman–Crippen LogP) is 4.05. The highest BCUT2D eigenvalue weighted by Gasteiger charge is 2.12. The molecule has 6 heteroatoms. The van der Waals surface area contributed by atoms with Crippen molar-refractivity contribution in [2.45, 2.75) is 19.9 Å². The quantitative estimate of drug-likeness (QED) is 0.894. The number of pyridine rings is 1. The van der Waals surface area contributed by atoms with E-state index in [1.807, 2.05) is 13.0 Å². The van der Waals surface area contributed by atoms with Gasteiger partial charge in [-0.15, -0.1) is 0 Å². The summed E-state index contributed by atoms with van der Waals surface area (Å²) in [6.07, 6.45) is 1.22. The number of rotatable bonds is 4. The summed E-state index contributed by atoms with van der Waals surface area (Å²) in [5, 5.41) is 12.1. The smallest absolute Gasteiger partial charge is 0.337 e. The van der Waals surface area contributed by atoms with Crippen LogP contribution in [0, 0.1) is 12.7 Å². The first-order valence-corrected chi connectivity index (χ1v) is 6.67. The van der Waals surface area contributed by atoms with Crippen LogP contribution in [0.1, 0.15) is 34.5 Å². The molecule has 21 heavy (non-hydrogen) atoms. The van der Waals surface area contributed by atoms with Crippen molar-refractivity contribution >= 4 is 23.4 Å². The number of hydrogen-bond donors (Lipinski definition) is 2. The summed E-state index contributed by atoms with van der Waals surface area (Å²) in [6, 6.07) is 6.07. The van der Waals surface area contributed by atoms with Crippen LogP contribution in [0.25, 0.3) is 0 Å². The van der Waals surface area contributed by atoms with Crippen molar-refractivity contribution < 1.29 is 14.3 Å². The van der Waals surface area contributed by atoms with Gasteiger partial charge in [0.15, 0.2) is 0 Å². The highest BCUT2D eigenvalue weighted by Crippen LogP contribution is 2.25. The van der Waals surface area contributed by atoms with E-state index in [0.29, 0.717) is 11.4 Å². The lowest BCUT2D eigenvalue weighted by Gasteiger charge is -2.16. The zero-order valence-corrected chi connectivity index (χ0v) is 12.3. The predicted molar refractivity (Wildman–Crippen MR) is 79.4 cm³/mol. The standard InChI is InChI=1S/C15H14ClFN2O2/c1-8-3-4-10(6-13(8)17)9(2)19-14-12(16)5-11(7-18-14)15(20)21/h3-7,9H,1-2H3,(H,18,19)(H,20,21). The minimum absolute atomic E-state index is 0.0135. The second-order valence-corrected chi connectivity index (χ2v) is 5.14. The molecule has 2 aromatic rings. The van der Waals surface area contributed by atoms with E-state index in [1.54, 1.807) is 13.0 Å². The molecule has 0 bridgehead atoms. The Labute approximate surface area is 126 Å². The van der Waals surface area contributed by atoms with Gasteiger partial charge < -0.3 is 10.4 Å². The maximum Gasteiger partial charge on any atom is 0.337 e. The van der Waals surface area contributed by atoms with Gasteiger partial charge in [-0.1, -0.05) is 23.7 Å². The van der Waals surface area contributed by atoms with Crippen molar-refractivity contribution in [2.24, 2.45) is 0 Å². The van der Waals surface area contributed by atoms with Gasteiger partial charge in [0, 0.05) is 6.20 Å². The van der Waals surface area contributed by atoms with Crippen molar-refractivity contribution in [3.05, 3.63) is 58.0 Å². The van der Waals surface area contributed by atoms with Crippen molar-refractivity contribution in [2.75, 3.05) is 5.32 Å². The summed E-state index contributed by atoms with van der Waals surface area (Å²) < 4.78 is 13.6. The Morgan fingerprint density at radius 3 is 2.71 bits per heavy atom. The lowest BCUT2D eigenvalue weighted by Crippen LogP contribution is -2.09. The average Bonchev–Trinajstić information content (AvgIpc) is 2.43. The maximum atomic E-state index is 13.6. The number of carbonyl (C=O) groups is 1. The van der Waals surface area contributed by atoms with Crippen LogP contribution >= 0.6 is 11.6 Å². The Balaban J connectivity index is 2.21. The molecule has 1 unspecified atom stereocenters. The number of aromatic nitrogens is 1. The number of aromatic carboxylic acids is 1. The maximum absolute atomic E-state index is 13.6. The lowest BCUT2D eigenvalue weighted by atomic mass is 10.1. The number of benzene rings is 1. The van der Waals surface area contributed by atoms with Gasteiger partial charge in [0.05, 0.1) is 16.6 Å². The van der Waals surface area contributed by atoms with E-state index >= 15 is 0 Å². The van der Waals surface area contributed by atoms with E-state index in [-0.39, 0.29) is 22.4 Å². The van der Waals surface area contributed by atoms with Crippen LogP contribution < -0.4 is 5.32 Å². The molecule has 0 aliphatic rings. The third kappa shape index (κ3) is 3.49. The van der Waals surface area contributed by atoms with Crippen molar-refractivity contribution in [1.82, 2.24) is 4.98 Å². The van der Waals surface area contributed by atoms with E-state index in [2.05, 4.69) is 10.3 Å². The normalized spacial score (nSPS) is 12.0. The molecular weight excluding hydrogens is 295 g/mol. The first-order chi connectivity index (χ1) is 9.88.